The molecule has 0 spiro atoms. The molecule has 0 amide bonds. The van der Waals surface area contributed by atoms with E-state index in [2.05, 4.69) is 4.98 Å². The molecule has 0 saturated heterocycles. The number of rotatable bonds is 6. The monoisotopic (exact) mass is 261 g/mol. The average Bonchev–Trinajstić information content (AvgIpc) is 2.80. The second-order valence-corrected chi connectivity index (χ2v) is 4.28. The van der Waals surface area contributed by atoms with Crippen molar-refractivity contribution in [3.8, 4) is 5.75 Å². The number of carboxylic acid groups (broad SMARTS) is 1. The molecule has 1 aromatic heterocycles. The highest BCUT2D eigenvalue weighted by Gasteiger charge is 2.13. The summed E-state index contributed by atoms with van der Waals surface area (Å²) in [5.74, 6) is -0.249. The van der Waals surface area contributed by atoms with E-state index in [9.17, 15) is 9.59 Å². The summed E-state index contributed by atoms with van der Waals surface area (Å²) in [7, 11) is 1.57. The minimum Gasteiger partial charge on any atom is -0.497 e. The van der Waals surface area contributed by atoms with Crippen molar-refractivity contribution in [3.63, 3.8) is 0 Å². The summed E-state index contributed by atoms with van der Waals surface area (Å²) in [5, 5.41) is 9.37. The van der Waals surface area contributed by atoms with Crippen LogP contribution in [-0.2, 0) is 4.79 Å². The Kier molecular flexibility index (Phi) is 3.85. The second kappa shape index (κ2) is 5.56. The van der Waals surface area contributed by atoms with Gasteiger partial charge < -0.3 is 14.8 Å². The number of nitrogens with one attached hydrogen (secondary N) is 1. The number of methoxy groups -OCH3 is 1. The number of fused-ring (bicyclic) bond motifs is 1. The van der Waals surface area contributed by atoms with Crippen LogP contribution in [0.2, 0.25) is 0 Å². The number of carboxylic acids is 1. The summed E-state index contributed by atoms with van der Waals surface area (Å²) in [6, 6.07) is 5.47. The fourth-order valence-corrected chi connectivity index (χ4v) is 1.99. The molecule has 2 N–H and O–H groups in total. The standard InChI is InChI=1S/C14H15NO4/c1-19-9-5-6-12-10(7-9)11(8-15-12)13(16)3-2-4-14(17)18/h5-8,15H,2-4H2,1H3,(H,17,18). The van der Waals surface area contributed by atoms with Gasteiger partial charge in [0.1, 0.15) is 5.75 Å². The Labute approximate surface area is 110 Å². The summed E-state index contributed by atoms with van der Waals surface area (Å²) in [6.45, 7) is 0. The van der Waals surface area contributed by atoms with Crippen LogP contribution in [0.15, 0.2) is 24.4 Å². The van der Waals surface area contributed by atoms with Crippen LogP contribution in [0.25, 0.3) is 10.9 Å². The van der Waals surface area contributed by atoms with Crippen LogP contribution in [0.3, 0.4) is 0 Å². The molecule has 0 saturated carbocycles. The van der Waals surface area contributed by atoms with Crippen molar-refractivity contribution in [2.75, 3.05) is 7.11 Å². The first-order valence-electron chi connectivity index (χ1n) is 6.02. The smallest absolute Gasteiger partial charge is 0.303 e. The summed E-state index contributed by atoms with van der Waals surface area (Å²) >= 11 is 0. The normalized spacial score (nSPS) is 10.6. The largest absolute Gasteiger partial charge is 0.497 e. The van der Waals surface area contributed by atoms with Gasteiger partial charge in [-0.3, -0.25) is 9.59 Å². The number of hydrogen-bond acceptors (Lipinski definition) is 3. The molecule has 0 bridgehead atoms. The molecule has 1 aromatic carbocycles. The molecule has 19 heavy (non-hydrogen) atoms. The first kappa shape index (κ1) is 13.1. The Morgan fingerprint density at radius 3 is 2.79 bits per heavy atom. The number of benzene rings is 1. The number of hydrogen-bond donors (Lipinski definition) is 2. The number of aromatic nitrogens is 1. The minimum atomic E-state index is -0.881. The van der Waals surface area contributed by atoms with E-state index in [1.54, 1.807) is 19.4 Å². The maximum absolute atomic E-state index is 12.0. The van der Waals surface area contributed by atoms with Crippen molar-refractivity contribution in [2.45, 2.75) is 19.3 Å². The van der Waals surface area contributed by atoms with Gasteiger partial charge in [0.15, 0.2) is 5.78 Å². The number of carbonyl (C=O) groups excluding carboxylic acids is 1. The zero-order chi connectivity index (χ0) is 13.8. The summed E-state index contributed by atoms with van der Waals surface area (Å²) < 4.78 is 5.14. The molecule has 5 nitrogen and oxygen atoms in total. The molecular formula is C14H15NO4. The van der Waals surface area contributed by atoms with Gasteiger partial charge in [-0.2, -0.15) is 0 Å². The first-order chi connectivity index (χ1) is 9.11. The van der Waals surface area contributed by atoms with E-state index in [0.29, 0.717) is 17.7 Å². The lowest BCUT2D eigenvalue weighted by molar-refractivity contribution is -0.137. The van der Waals surface area contributed by atoms with E-state index >= 15 is 0 Å². The van der Waals surface area contributed by atoms with Crippen molar-refractivity contribution in [1.82, 2.24) is 4.98 Å². The highest BCUT2D eigenvalue weighted by Crippen LogP contribution is 2.24. The number of aromatic amines is 1. The van der Waals surface area contributed by atoms with E-state index in [4.69, 9.17) is 9.84 Å². The molecular weight excluding hydrogens is 246 g/mol. The van der Waals surface area contributed by atoms with Crippen molar-refractivity contribution >= 4 is 22.7 Å². The molecule has 0 atom stereocenters. The fourth-order valence-electron chi connectivity index (χ4n) is 1.99. The maximum Gasteiger partial charge on any atom is 0.303 e. The average molecular weight is 261 g/mol. The lowest BCUT2D eigenvalue weighted by Gasteiger charge is -2.01. The van der Waals surface area contributed by atoms with E-state index in [1.165, 1.54) is 0 Å². The van der Waals surface area contributed by atoms with E-state index < -0.39 is 5.97 Å². The Balaban J connectivity index is 2.19. The summed E-state index contributed by atoms with van der Waals surface area (Å²) in [4.78, 5) is 25.5. The van der Waals surface area contributed by atoms with Crippen LogP contribution < -0.4 is 4.74 Å². The van der Waals surface area contributed by atoms with Gasteiger partial charge in [0.25, 0.3) is 0 Å². The molecule has 2 rings (SSSR count). The van der Waals surface area contributed by atoms with Crippen molar-refractivity contribution in [3.05, 3.63) is 30.0 Å². The molecule has 100 valence electrons. The zero-order valence-corrected chi connectivity index (χ0v) is 10.6. The molecule has 1 heterocycles. The van der Waals surface area contributed by atoms with Crippen LogP contribution in [0.4, 0.5) is 0 Å². The lowest BCUT2D eigenvalue weighted by Crippen LogP contribution is -2.01. The lowest BCUT2D eigenvalue weighted by atomic mass is 10.0. The van der Waals surface area contributed by atoms with Crippen molar-refractivity contribution < 1.29 is 19.4 Å². The van der Waals surface area contributed by atoms with Crippen molar-refractivity contribution in [1.29, 1.82) is 0 Å². The van der Waals surface area contributed by atoms with Gasteiger partial charge in [0, 0.05) is 35.5 Å². The molecule has 0 fully saturated rings. The second-order valence-electron chi connectivity index (χ2n) is 4.28. The van der Waals surface area contributed by atoms with Gasteiger partial charge in [-0.05, 0) is 24.6 Å². The number of aliphatic carboxylic acids is 1. The summed E-state index contributed by atoms with van der Waals surface area (Å²) in [6.07, 6.45) is 2.26. The maximum atomic E-state index is 12.0. The van der Waals surface area contributed by atoms with Gasteiger partial charge in [-0.1, -0.05) is 0 Å². The highest BCUT2D eigenvalue weighted by atomic mass is 16.5. The predicted octanol–water partition coefficient (Wildman–Crippen LogP) is 2.61. The van der Waals surface area contributed by atoms with E-state index in [0.717, 1.165) is 10.9 Å². The topological polar surface area (TPSA) is 79.4 Å². The van der Waals surface area contributed by atoms with Crippen LogP contribution in [0, 0.1) is 0 Å². The van der Waals surface area contributed by atoms with Gasteiger partial charge in [0.2, 0.25) is 0 Å². The molecule has 0 radical (unpaired) electrons. The SMILES string of the molecule is COc1ccc2[nH]cc(C(=O)CCCC(=O)O)c2c1. The Bertz CT molecular complexity index is 615. The number of ketones is 1. The molecule has 5 heteroatoms. The minimum absolute atomic E-state index is 0.0113. The Hall–Kier alpha value is -2.30. The van der Waals surface area contributed by atoms with Gasteiger partial charge in [-0.15, -0.1) is 0 Å². The third-order valence-corrected chi connectivity index (χ3v) is 2.98. The molecule has 0 aliphatic rings. The molecule has 0 aliphatic heterocycles. The van der Waals surface area contributed by atoms with Gasteiger partial charge in [0.05, 0.1) is 7.11 Å². The highest BCUT2D eigenvalue weighted by molar-refractivity contribution is 6.08. The molecule has 0 unspecified atom stereocenters. The first-order valence-corrected chi connectivity index (χ1v) is 6.02. The quantitative estimate of drug-likeness (QED) is 0.783. The van der Waals surface area contributed by atoms with E-state index in [-0.39, 0.29) is 18.6 Å². The number of carbonyl (C=O) groups is 2. The zero-order valence-electron chi connectivity index (χ0n) is 10.6. The number of H-pyrrole nitrogens is 1. The Morgan fingerprint density at radius 1 is 1.32 bits per heavy atom. The number of Topliss-reactive ketones (excluding diaryl/α,β-unsaturated/α-hetero) is 1. The Morgan fingerprint density at radius 2 is 2.11 bits per heavy atom. The predicted molar refractivity (Wildman–Crippen MR) is 70.7 cm³/mol. The van der Waals surface area contributed by atoms with Crippen molar-refractivity contribution in [2.24, 2.45) is 0 Å². The van der Waals surface area contributed by atoms with Crippen LogP contribution in [0.5, 0.6) is 5.75 Å². The van der Waals surface area contributed by atoms with Crippen LogP contribution in [0.1, 0.15) is 29.6 Å². The third-order valence-electron chi connectivity index (χ3n) is 2.98. The fraction of sp³-hybridized carbons (Fsp3) is 0.286. The number of ether oxygens (including phenoxy) is 1. The van der Waals surface area contributed by atoms with E-state index in [1.807, 2.05) is 12.1 Å². The van der Waals surface area contributed by atoms with Crippen LogP contribution in [-0.4, -0.2) is 29.0 Å². The summed E-state index contributed by atoms with van der Waals surface area (Å²) in [5.41, 5.74) is 1.45. The van der Waals surface area contributed by atoms with Gasteiger partial charge >= 0.3 is 5.97 Å². The van der Waals surface area contributed by atoms with Crippen LogP contribution >= 0.6 is 0 Å². The van der Waals surface area contributed by atoms with Gasteiger partial charge in [-0.25, -0.2) is 0 Å². The molecule has 0 aliphatic carbocycles. The third kappa shape index (κ3) is 2.93. The molecule has 2 aromatic rings.